The van der Waals surface area contributed by atoms with Gasteiger partial charge in [0.1, 0.15) is 5.82 Å². The highest BCUT2D eigenvalue weighted by molar-refractivity contribution is 5.91. The fourth-order valence-electron chi connectivity index (χ4n) is 1.05. The average Bonchev–Trinajstić information content (AvgIpc) is 2.18. The van der Waals surface area contributed by atoms with Crippen molar-refractivity contribution in [2.24, 2.45) is 0 Å². The first-order valence-corrected chi connectivity index (χ1v) is 4.42. The predicted molar refractivity (Wildman–Crippen MR) is 53.9 cm³/mol. The number of halogens is 1. The number of anilines is 1. The molecule has 0 bridgehead atoms. The highest BCUT2D eigenvalue weighted by atomic mass is 19.1. The lowest BCUT2D eigenvalue weighted by molar-refractivity contribution is 0.248. The Labute approximate surface area is 82.5 Å². The summed E-state index contributed by atoms with van der Waals surface area (Å²) >= 11 is 0. The van der Waals surface area contributed by atoms with E-state index in [1.807, 2.05) is 6.92 Å². The van der Waals surface area contributed by atoms with Crippen LogP contribution in [0.15, 0.2) is 24.3 Å². The number of rotatable bonds is 2. The van der Waals surface area contributed by atoms with Gasteiger partial charge in [-0.15, -0.1) is 0 Å². The third kappa shape index (κ3) is 2.45. The van der Waals surface area contributed by atoms with Crippen molar-refractivity contribution in [3.63, 3.8) is 0 Å². The molecule has 1 rings (SSSR count). The maximum absolute atomic E-state index is 12.6. The second-order valence-corrected chi connectivity index (χ2v) is 2.87. The number of urea groups is 1. The van der Waals surface area contributed by atoms with Crippen LogP contribution in [0, 0.1) is 5.82 Å². The van der Waals surface area contributed by atoms with Crippen molar-refractivity contribution in [3.05, 3.63) is 30.1 Å². The van der Waals surface area contributed by atoms with E-state index in [1.165, 1.54) is 17.0 Å². The summed E-state index contributed by atoms with van der Waals surface area (Å²) in [6.45, 7) is 2.42. The normalized spacial score (nSPS) is 9.64. The monoisotopic (exact) mass is 196 g/mol. The predicted octanol–water partition coefficient (Wildman–Crippen LogP) is 1.99. The van der Waals surface area contributed by atoms with Gasteiger partial charge in [-0.2, -0.15) is 0 Å². The second kappa shape index (κ2) is 4.60. The number of hydrogen-bond donors (Lipinski definition) is 1. The molecule has 14 heavy (non-hydrogen) atoms. The SMILES string of the molecule is CCNC(=O)N(C)c1ccc(F)cc1. The maximum atomic E-state index is 12.6. The molecule has 0 radical (unpaired) electrons. The third-order valence-corrected chi connectivity index (χ3v) is 1.85. The van der Waals surface area contributed by atoms with Gasteiger partial charge >= 0.3 is 6.03 Å². The van der Waals surface area contributed by atoms with Crippen molar-refractivity contribution in [2.75, 3.05) is 18.5 Å². The zero-order valence-corrected chi connectivity index (χ0v) is 8.25. The zero-order chi connectivity index (χ0) is 10.6. The Balaban J connectivity index is 2.73. The number of nitrogens with one attached hydrogen (secondary N) is 1. The molecule has 2 amide bonds. The summed E-state index contributed by atoms with van der Waals surface area (Å²) in [6.07, 6.45) is 0. The van der Waals surface area contributed by atoms with Gasteiger partial charge in [0.15, 0.2) is 0 Å². The summed E-state index contributed by atoms with van der Waals surface area (Å²) in [7, 11) is 1.64. The smallest absolute Gasteiger partial charge is 0.321 e. The van der Waals surface area contributed by atoms with Crippen LogP contribution in [-0.4, -0.2) is 19.6 Å². The summed E-state index contributed by atoms with van der Waals surface area (Å²) in [6, 6.07) is 5.57. The number of hydrogen-bond acceptors (Lipinski definition) is 1. The summed E-state index contributed by atoms with van der Waals surface area (Å²) < 4.78 is 12.6. The Morgan fingerprint density at radius 3 is 2.50 bits per heavy atom. The first kappa shape index (κ1) is 10.5. The number of carbonyl (C=O) groups is 1. The Morgan fingerprint density at radius 2 is 2.00 bits per heavy atom. The fraction of sp³-hybridized carbons (Fsp3) is 0.300. The molecule has 0 unspecified atom stereocenters. The molecular formula is C10H13FN2O. The molecule has 0 aliphatic rings. The molecule has 0 aliphatic heterocycles. The van der Waals surface area contributed by atoms with Crippen LogP contribution >= 0.6 is 0 Å². The molecule has 76 valence electrons. The Kier molecular flexibility index (Phi) is 3.45. The Hall–Kier alpha value is -1.58. The minimum absolute atomic E-state index is 0.195. The molecule has 0 heterocycles. The Bertz CT molecular complexity index is 310. The van der Waals surface area contributed by atoms with Crippen molar-refractivity contribution in [1.82, 2.24) is 5.32 Å². The molecular weight excluding hydrogens is 183 g/mol. The van der Waals surface area contributed by atoms with Crippen LogP contribution in [0.25, 0.3) is 0 Å². The molecule has 1 N–H and O–H groups in total. The molecule has 0 atom stereocenters. The third-order valence-electron chi connectivity index (χ3n) is 1.85. The quantitative estimate of drug-likeness (QED) is 0.770. The van der Waals surface area contributed by atoms with Gasteiger partial charge in [0.25, 0.3) is 0 Å². The lowest BCUT2D eigenvalue weighted by Gasteiger charge is -2.17. The summed E-state index contributed by atoms with van der Waals surface area (Å²) in [5.41, 5.74) is 0.664. The topological polar surface area (TPSA) is 32.3 Å². The molecule has 3 nitrogen and oxygen atoms in total. The molecule has 0 aliphatic carbocycles. The zero-order valence-electron chi connectivity index (χ0n) is 8.25. The van der Waals surface area contributed by atoms with E-state index in [0.29, 0.717) is 12.2 Å². The van der Waals surface area contributed by atoms with Crippen molar-refractivity contribution < 1.29 is 9.18 Å². The minimum Gasteiger partial charge on any atom is -0.338 e. The van der Waals surface area contributed by atoms with E-state index in [0.717, 1.165) is 0 Å². The van der Waals surface area contributed by atoms with E-state index < -0.39 is 0 Å². The van der Waals surface area contributed by atoms with Crippen LogP contribution in [0.3, 0.4) is 0 Å². The van der Waals surface area contributed by atoms with Gasteiger partial charge in [0.05, 0.1) is 0 Å². The van der Waals surface area contributed by atoms with E-state index in [2.05, 4.69) is 5.32 Å². The van der Waals surface area contributed by atoms with E-state index in [4.69, 9.17) is 0 Å². The first-order valence-electron chi connectivity index (χ1n) is 4.42. The van der Waals surface area contributed by atoms with Crippen LogP contribution in [0.5, 0.6) is 0 Å². The molecule has 0 saturated heterocycles. The van der Waals surface area contributed by atoms with Gasteiger partial charge < -0.3 is 5.32 Å². The van der Waals surface area contributed by atoms with Gasteiger partial charge in [-0.1, -0.05) is 0 Å². The molecule has 0 spiro atoms. The first-order chi connectivity index (χ1) is 6.65. The second-order valence-electron chi connectivity index (χ2n) is 2.87. The summed E-state index contributed by atoms with van der Waals surface area (Å²) in [5, 5.41) is 2.65. The van der Waals surface area contributed by atoms with E-state index >= 15 is 0 Å². The van der Waals surface area contributed by atoms with Crippen LogP contribution in [0.4, 0.5) is 14.9 Å². The van der Waals surface area contributed by atoms with Crippen molar-refractivity contribution in [2.45, 2.75) is 6.92 Å². The highest BCUT2D eigenvalue weighted by Crippen LogP contribution is 2.12. The molecule has 4 heteroatoms. The average molecular weight is 196 g/mol. The van der Waals surface area contributed by atoms with E-state index in [-0.39, 0.29) is 11.8 Å². The van der Waals surface area contributed by atoms with Crippen LogP contribution in [-0.2, 0) is 0 Å². The van der Waals surface area contributed by atoms with Crippen molar-refractivity contribution >= 4 is 11.7 Å². The maximum Gasteiger partial charge on any atom is 0.321 e. The summed E-state index contributed by atoms with van der Waals surface area (Å²) in [5.74, 6) is -0.307. The van der Waals surface area contributed by atoms with E-state index in [9.17, 15) is 9.18 Å². The molecule has 1 aromatic rings. The number of benzene rings is 1. The standard InChI is InChI=1S/C10H13FN2O/c1-3-12-10(14)13(2)9-6-4-8(11)5-7-9/h4-7H,3H2,1-2H3,(H,12,14). The van der Waals surface area contributed by atoms with E-state index in [1.54, 1.807) is 19.2 Å². The van der Waals surface area contributed by atoms with Gasteiger partial charge in [-0.05, 0) is 31.2 Å². The minimum atomic E-state index is -0.307. The van der Waals surface area contributed by atoms with Crippen LogP contribution in [0.1, 0.15) is 6.92 Å². The van der Waals surface area contributed by atoms with Crippen LogP contribution in [0.2, 0.25) is 0 Å². The van der Waals surface area contributed by atoms with Crippen molar-refractivity contribution in [3.8, 4) is 0 Å². The summed E-state index contributed by atoms with van der Waals surface area (Å²) in [4.78, 5) is 12.8. The lowest BCUT2D eigenvalue weighted by atomic mass is 10.3. The van der Waals surface area contributed by atoms with Gasteiger partial charge in [0, 0.05) is 19.3 Å². The van der Waals surface area contributed by atoms with Gasteiger partial charge in [-0.25, -0.2) is 9.18 Å². The molecule has 0 aromatic heterocycles. The number of amides is 2. The molecule has 1 aromatic carbocycles. The van der Waals surface area contributed by atoms with Crippen LogP contribution < -0.4 is 10.2 Å². The lowest BCUT2D eigenvalue weighted by Crippen LogP contribution is -2.36. The van der Waals surface area contributed by atoms with Crippen molar-refractivity contribution in [1.29, 1.82) is 0 Å². The largest absolute Gasteiger partial charge is 0.338 e. The highest BCUT2D eigenvalue weighted by Gasteiger charge is 2.08. The fourth-order valence-corrected chi connectivity index (χ4v) is 1.05. The number of carbonyl (C=O) groups excluding carboxylic acids is 1. The Morgan fingerprint density at radius 1 is 1.43 bits per heavy atom. The molecule has 0 fully saturated rings. The van der Waals surface area contributed by atoms with Gasteiger partial charge in [0.2, 0.25) is 0 Å². The van der Waals surface area contributed by atoms with Gasteiger partial charge in [-0.3, -0.25) is 4.90 Å². The molecule has 0 saturated carbocycles. The number of nitrogens with zero attached hydrogens (tertiary/aromatic N) is 1.